The second kappa shape index (κ2) is 9.23. The highest BCUT2D eigenvalue weighted by atomic mass is 32.2. The lowest BCUT2D eigenvalue weighted by atomic mass is 10.1. The van der Waals surface area contributed by atoms with E-state index in [9.17, 15) is 9.59 Å². The van der Waals surface area contributed by atoms with Crippen LogP contribution >= 0.6 is 11.8 Å². The molecule has 27 heavy (non-hydrogen) atoms. The predicted octanol–water partition coefficient (Wildman–Crippen LogP) is 2.78. The number of H-pyrrole nitrogens is 1. The Bertz CT molecular complexity index is 922. The molecule has 0 saturated heterocycles. The molecular weight excluding hydrogens is 360 g/mol. The molecule has 0 radical (unpaired) electrons. The second-order valence-electron chi connectivity index (χ2n) is 6.19. The van der Waals surface area contributed by atoms with E-state index < -0.39 is 0 Å². The largest absolute Gasteiger partial charge is 0.349 e. The molecule has 3 rings (SSSR count). The Kier molecular flexibility index (Phi) is 6.49. The molecule has 1 unspecified atom stereocenters. The zero-order valence-corrected chi connectivity index (χ0v) is 15.9. The smallest absolute Gasteiger partial charge is 0.343 e. The van der Waals surface area contributed by atoms with Gasteiger partial charge in [-0.1, -0.05) is 72.4 Å². The van der Waals surface area contributed by atoms with E-state index in [1.807, 2.05) is 67.6 Å². The minimum atomic E-state index is -0.258. The lowest BCUT2D eigenvalue weighted by Crippen LogP contribution is -2.28. The van der Waals surface area contributed by atoms with Gasteiger partial charge in [0.15, 0.2) is 5.16 Å². The number of carbonyl (C=O) groups is 1. The minimum absolute atomic E-state index is 0.0706. The average molecular weight is 382 g/mol. The third kappa shape index (κ3) is 5.34. The van der Waals surface area contributed by atoms with E-state index in [1.165, 1.54) is 11.8 Å². The summed E-state index contributed by atoms with van der Waals surface area (Å²) in [6.45, 7) is 2.46. The number of nitrogens with zero attached hydrogens (tertiary/aromatic N) is 2. The summed E-state index contributed by atoms with van der Waals surface area (Å²) in [7, 11) is 0. The zero-order chi connectivity index (χ0) is 19.1. The number of rotatable bonds is 8. The van der Waals surface area contributed by atoms with Crippen molar-refractivity contribution in [1.82, 2.24) is 20.1 Å². The van der Waals surface area contributed by atoms with E-state index in [1.54, 1.807) is 4.57 Å². The SMILES string of the molecule is CC(NC(=O)CSc1n[nH]c(=O)n1CCc1ccccc1)c1ccccc1. The zero-order valence-electron chi connectivity index (χ0n) is 15.1. The van der Waals surface area contributed by atoms with Gasteiger partial charge in [0.25, 0.3) is 0 Å². The molecule has 1 aromatic heterocycles. The third-order valence-corrected chi connectivity index (χ3v) is 5.18. The second-order valence-corrected chi connectivity index (χ2v) is 7.13. The molecule has 6 nitrogen and oxygen atoms in total. The fourth-order valence-electron chi connectivity index (χ4n) is 2.73. The van der Waals surface area contributed by atoms with Crippen molar-refractivity contribution in [1.29, 1.82) is 0 Å². The first kappa shape index (κ1) is 19.0. The molecule has 7 heteroatoms. The summed E-state index contributed by atoms with van der Waals surface area (Å²) in [5.74, 6) is 0.105. The third-order valence-electron chi connectivity index (χ3n) is 4.20. The van der Waals surface area contributed by atoms with Crippen LogP contribution in [0, 0.1) is 0 Å². The molecule has 3 aromatic rings. The maximum absolute atomic E-state index is 12.2. The number of amides is 1. The van der Waals surface area contributed by atoms with Gasteiger partial charge in [-0.15, -0.1) is 5.10 Å². The topological polar surface area (TPSA) is 79.8 Å². The Hall–Kier alpha value is -2.80. The quantitative estimate of drug-likeness (QED) is 0.587. The van der Waals surface area contributed by atoms with Crippen molar-refractivity contribution in [2.75, 3.05) is 5.75 Å². The molecule has 0 aliphatic rings. The molecule has 0 fully saturated rings. The first-order valence-electron chi connectivity index (χ1n) is 8.79. The number of hydrogen-bond acceptors (Lipinski definition) is 4. The van der Waals surface area contributed by atoms with Crippen LogP contribution in [-0.4, -0.2) is 26.4 Å². The average Bonchev–Trinajstić information content (AvgIpc) is 3.05. The van der Waals surface area contributed by atoms with Gasteiger partial charge in [0, 0.05) is 6.54 Å². The monoisotopic (exact) mass is 382 g/mol. The van der Waals surface area contributed by atoms with Gasteiger partial charge in [0.05, 0.1) is 11.8 Å². The Morgan fingerprint density at radius 1 is 1.15 bits per heavy atom. The summed E-state index contributed by atoms with van der Waals surface area (Å²) in [5.41, 5.74) is 1.94. The fraction of sp³-hybridized carbons (Fsp3) is 0.250. The van der Waals surface area contributed by atoms with Crippen molar-refractivity contribution in [2.24, 2.45) is 0 Å². The molecule has 1 atom stereocenters. The normalized spacial score (nSPS) is 11.9. The number of benzene rings is 2. The lowest BCUT2D eigenvalue weighted by molar-refractivity contribution is -0.119. The number of thioether (sulfide) groups is 1. The molecule has 0 saturated carbocycles. The van der Waals surface area contributed by atoms with Crippen LogP contribution in [0.25, 0.3) is 0 Å². The first-order valence-corrected chi connectivity index (χ1v) is 9.78. The number of hydrogen-bond donors (Lipinski definition) is 2. The van der Waals surface area contributed by atoms with Crippen molar-refractivity contribution in [2.45, 2.75) is 31.1 Å². The van der Waals surface area contributed by atoms with E-state index in [0.29, 0.717) is 11.7 Å². The highest BCUT2D eigenvalue weighted by molar-refractivity contribution is 7.99. The van der Waals surface area contributed by atoms with E-state index in [0.717, 1.165) is 17.5 Å². The molecule has 1 heterocycles. The summed E-state index contributed by atoms with van der Waals surface area (Å²) in [6, 6.07) is 19.7. The van der Waals surface area contributed by atoms with Gasteiger partial charge in [-0.25, -0.2) is 9.89 Å². The Morgan fingerprint density at radius 2 is 1.81 bits per heavy atom. The van der Waals surface area contributed by atoms with E-state index in [2.05, 4.69) is 15.5 Å². The molecule has 0 aliphatic heterocycles. The fourth-order valence-corrected chi connectivity index (χ4v) is 3.52. The van der Waals surface area contributed by atoms with Crippen molar-refractivity contribution in [3.8, 4) is 0 Å². The molecule has 0 bridgehead atoms. The van der Waals surface area contributed by atoms with Crippen molar-refractivity contribution >= 4 is 17.7 Å². The van der Waals surface area contributed by atoms with Crippen LogP contribution in [0.5, 0.6) is 0 Å². The summed E-state index contributed by atoms with van der Waals surface area (Å²) in [5, 5.41) is 10.0. The van der Waals surface area contributed by atoms with Gasteiger partial charge in [-0.3, -0.25) is 9.36 Å². The molecule has 0 aliphatic carbocycles. The Labute approximate surface area is 162 Å². The standard InChI is InChI=1S/C20H22N4O2S/c1-15(17-10-6-3-7-11-17)21-18(25)14-27-20-23-22-19(26)24(20)13-12-16-8-4-2-5-9-16/h2-11,15H,12-14H2,1H3,(H,21,25)(H,22,26). The van der Waals surface area contributed by atoms with Crippen molar-refractivity contribution in [3.63, 3.8) is 0 Å². The van der Waals surface area contributed by atoms with Crippen LogP contribution < -0.4 is 11.0 Å². The number of aromatic nitrogens is 3. The first-order chi connectivity index (χ1) is 13.1. The Balaban J connectivity index is 1.55. The van der Waals surface area contributed by atoms with Gasteiger partial charge in [-0.2, -0.15) is 0 Å². The Morgan fingerprint density at radius 3 is 2.52 bits per heavy atom. The van der Waals surface area contributed by atoms with Crippen molar-refractivity contribution in [3.05, 3.63) is 82.3 Å². The summed E-state index contributed by atoms with van der Waals surface area (Å²) in [4.78, 5) is 24.2. The summed E-state index contributed by atoms with van der Waals surface area (Å²) < 4.78 is 1.57. The highest BCUT2D eigenvalue weighted by Gasteiger charge is 2.13. The van der Waals surface area contributed by atoms with Gasteiger partial charge in [0.1, 0.15) is 0 Å². The van der Waals surface area contributed by atoms with E-state index in [4.69, 9.17) is 0 Å². The van der Waals surface area contributed by atoms with Crippen LogP contribution in [0.2, 0.25) is 0 Å². The maximum Gasteiger partial charge on any atom is 0.343 e. The van der Waals surface area contributed by atoms with Gasteiger partial charge in [0.2, 0.25) is 5.91 Å². The number of carbonyl (C=O) groups excluding carboxylic acids is 1. The molecule has 1 amide bonds. The predicted molar refractivity (Wildman–Crippen MR) is 107 cm³/mol. The van der Waals surface area contributed by atoms with Gasteiger partial charge >= 0.3 is 5.69 Å². The van der Waals surface area contributed by atoms with Crippen LogP contribution in [0.3, 0.4) is 0 Å². The van der Waals surface area contributed by atoms with Crippen LogP contribution in [0.15, 0.2) is 70.6 Å². The molecule has 0 spiro atoms. The highest BCUT2D eigenvalue weighted by Crippen LogP contribution is 2.15. The summed E-state index contributed by atoms with van der Waals surface area (Å²) >= 11 is 1.26. The van der Waals surface area contributed by atoms with E-state index >= 15 is 0 Å². The van der Waals surface area contributed by atoms with Crippen LogP contribution in [0.1, 0.15) is 24.1 Å². The molecule has 2 N–H and O–H groups in total. The molecular formula is C20H22N4O2S. The number of aryl methyl sites for hydroxylation is 1. The van der Waals surface area contributed by atoms with Crippen molar-refractivity contribution < 1.29 is 4.79 Å². The minimum Gasteiger partial charge on any atom is -0.349 e. The summed E-state index contributed by atoms with van der Waals surface area (Å²) in [6.07, 6.45) is 0.727. The number of nitrogens with one attached hydrogen (secondary N) is 2. The molecule has 2 aromatic carbocycles. The lowest BCUT2D eigenvalue weighted by Gasteiger charge is -2.14. The van der Waals surface area contributed by atoms with Crippen LogP contribution in [0.4, 0.5) is 0 Å². The van der Waals surface area contributed by atoms with Gasteiger partial charge in [-0.05, 0) is 24.5 Å². The van der Waals surface area contributed by atoms with Gasteiger partial charge < -0.3 is 5.32 Å². The maximum atomic E-state index is 12.2. The molecule has 140 valence electrons. The number of aromatic amines is 1. The van der Waals surface area contributed by atoms with E-state index in [-0.39, 0.29) is 23.4 Å². The van der Waals surface area contributed by atoms with Crippen LogP contribution in [-0.2, 0) is 17.8 Å².